The molecule has 0 amide bonds. The summed E-state index contributed by atoms with van der Waals surface area (Å²) in [6, 6.07) is 6.49. The first kappa shape index (κ1) is 13.6. The maximum absolute atomic E-state index is 11.9. The van der Waals surface area contributed by atoms with Gasteiger partial charge in [-0.25, -0.2) is 0 Å². The second kappa shape index (κ2) is 6.40. The molecule has 20 heavy (non-hydrogen) atoms. The van der Waals surface area contributed by atoms with Crippen LogP contribution in [0.2, 0.25) is 0 Å². The van der Waals surface area contributed by atoms with E-state index in [1.165, 1.54) is 19.3 Å². The summed E-state index contributed by atoms with van der Waals surface area (Å²) in [6.07, 6.45) is 7.54. The minimum absolute atomic E-state index is 0.269. The fourth-order valence-electron chi connectivity index (χ4n) is 3.26. The van der Waals surface area contributed by atoms with Crippen molar-refractivity contribution in [1.82, 2.24) is 5.32 Å². The van der Waals surface area contributed by atoms with E-state index in [0.29, 0.717) is 12.5 Å². The van der Waals surface area contributed by atoms with E-state index in [0.717, 1.165) is 49.3 Å². The lowest BCUT2D eigenvalue weighted by molar-refractivity contribution is 0.0971. The van der Waals surface area contributed by atoms with Crippen molar-refractivity contribution < 1.29 is 9.53 Å². The molecule has 3 rings (SSSR count). The quantitative estimate of drug-likeness (QED) is 0.916. The molecule has 1 aliphatic heterocycles. The van der Waals surface area contributed by atoms with Crippen molar-refractivity contribution in [3.63, 3.8) is 0 Å². The van der Waals surface area contributed by atoms with E-state index in [2.05, 4.69) is 5.32 Å². The molecule has 3 nitrogen and oxygen atoms in total. The van der Waals surface area contributed by atoms with Crippen molar-refractivity contribution in [2.24, 2.45) is 0 Å². The SMILES string of the molecule is O=C1CCCc2c(OCCC3CCCCN3)cccc21. The summed E-state index contributed by atoms with van der Waals surface area (Å²) in [5.74, 6) is 1.19. The van der Waals surface area contributed by atoms with Crippen LogP contribution in [0, 0.1) is 0 Å². The zero-order chi connectivity index (χ0) is 13.8. The zero-order valence-corrected chi connectivity index (χ0v) is 12.0. The molecule has 1 unspecified atom stereocenters. The number of hydrogen-bond acceptors (Lipinski definition) is 3. The molecule has 108 valence electrons. The highest BCUT2D eigenvalue weighted by Crippen LogP contribution is 2.29. The van der Waals surface area contributed by atoms with Gasteiger partial charge in [-0.1, -0.05) is 18.6 Å². The van der Waals surface area contributed by atoms with Crippen LogP contribution in [0.4, 0.5) is 0 Å². The van der Waals surface area contributed by atoms with Crippen molar-refractivity contribution in [2.75, 3.05) is 13.2 Å². The van der Waals surface area contributed by atoms with Crippen LogP contribution in [0.15, 0.2) is 18.2 Å². The molecule has 3 heteroatoms. The molecular weight excluding hydrogens is 250 g/mol. The first-order valence-corrected chi connectivity index (χ1v) is 7.86. The molecule has 0 aromatic heterocycles. The lowest BCUT2D eigenvalue weighted by Crippen LogP contribution is -2.35. The Morgan fingerprint density at radius 2 is 2.15 bits per heavy atom. The Morgan fingerprint density at radius 3 is 3.00 bits per heavy atom. The maximum atomic E-state index is 11.9. The predicted molar refractivity (Wildman–Crippen MR) is 79.5 cm³/mol. The van der Waals surface area contributed by atoms with Crippen LogP contribution >= 0.6 is 0 Å². The third-order valence-corrected chi connectivity index (χ3v) is 4.40. The molecule has 0 radical (unpaired) electrons. The molecule has 1 aromatic carbocycles. The number of hydrogen-bond donors (Lipinski definition) is 1. The molecule has 0 spiro atoms. The smallest absolute Gasteiger partial charge is 0.163 e. The average Bonchev–Trinajstić information content (AvgIpc) is 2.49. The number of carbonyl (C=O) groups is 1. The summed E-state index contributed by atoms with van der Waals surface area (Å²) in [6.45, 7) is 1.88. The van der Waals surface area contributed by atoms with E-state index in [9.17, 15) is 4.79 Å². The van der Waals surface area contributed by atoms with E-state index in [1.54, 1.807) is 0 Å². The molecule has 1 aromatic rings. The molecule has 2 aliphatic rings. The maximum Gasteiger partial charge on any atom is 0.163 e. The number of fused-ring (bicyclic) bond motifs is 1. The topological polar surface area (TPSA) is 38.3 Å². The second-order valence-electron chi connectivity index (χ2n) is 5.84. The van der Waals surface area contributed by atoms with Gasteiger partial charge in [-0.2, -0.15) is 0 Å². The fraction of sp³-hybridized carbons (Fsp3) is 0.588. The van der Waals surface area contributed by atoms with Crippen molar-refractivity contribution in [3.8, 4) is 5.75 Å². The third-order valence-electron chi connectivity index (χ3n) is 4.40. The molecule has 1 fully saturated rings. The summed E-state index contributed by atoms with van der Waals surface area (Å²) in [4.78, 5) is 11.9. The van der Waals surface area contributed by atoms with Gasteiger partial charge in [0.25, 0.3) is 0 Å². The van der Waals surface area contributed by atoms with Gasteiger partial charge >= 0.3 is 0 Å². The van der Waals surface area contributed by atoms with Crippen molar-refractivity contribution in [1.29, 1.82) is 0 Å². The van der Waals surface area contributed by atoms with Crippen molar-refractivity contribution in [3.05, 3.63) is 29.3 Å². The normalized spacial score (nSPS) is 22.4. The van der Waals surface area contributed by atoms with E-state index in [4.69, 9.17) is 4.74 Å². The van der Waals surface area contributed by atoms with Gasteiger partial charge < -0.3 is 10.1 Å². The average molecular weight is 273 g/mol. The third kappa shape index (κ3) is 3.04. The van der Waals surface area contributed by atoms with E-state index >= 15 is 0 Å². The largest absolute Gasteiger partial charge is 0.493 e. The standard InChI is InChI=1S/C17H23NO2/c19-16-8-3-7-15-14(16)6-4-9-17(15)20-12-10-13-5-1-2-11-18-13/h4,6,9,13,18H,1-3,5,7-8,10-12H2. The molecular formula is C17H23NO2. The number of ketones is 1. The lowest BCUT2D eigenvalue weighted by atomic mass is 9.90. The highest BCUT2D eigenvalue weighted by Gasteiger charge is 2.20. The molecule has 1 saturated heterocycles. The zero-order valence-electron chi connectivity index (χ0n) is 12.0. The molecule has 0 saturated carbocycles. The summed E-state index contributed by atoms with van der Waals surface area (Å²) < 4.78 is 5.96. The van der Waals surface area contributed by atoms with Crippen molar-refractivity contribution >= 4 is 5.78 Å². The van der Waals surface area contributed by atoms with Crippen LogP contribution in [0.3, 0.4) is 0 Å². The predicted octanol–water partition coefficient (Wildman–Crippen LogP) is 3.12. The van der Waals surface area contributed by atoms with Crippen LogP contribution in [0.5, 0.6) is 5.75 Å². The van der Waals surface area contributed by atoms with Gasteiger partial charge in [0.05, 0.1) is 6.61 Å². The Labute approximate surface area is 120 Å². The number of nitrogens with one attached hydrogen (secondary N) is 1. The van der Waals surface area contributed by atoms with Crippen molar-refractivity contribution in [2.45, 2.75) is 51.0 Å². The number of carbonyl (C=O) groups excluding carboxylic acids is 1. The minimum Gasteiger partial charge on any atom is -0.493 e. The van der Waals surface area contributed by atoms with Gasteiger partial charge in [0.15, 0.2) is 5.78 Å². The van der Waals surface area contributed by atoms with Gasteiger partial charge in [0, 0.05) is 23.6 Å². The Morgan fingerprint density at radius 1 is 1.20 bits per heavy atom. The van der Waals surface area contributed by atoms with Crippen LogP contribution in [0.1, 0.15) is 54.4 Å². The second-order valence-corrected chi connectivity index (χ2v) is 5.84. The highest BCUT2D eigenvalue weighted by molar-refractivity contribution is 5.99. The number of ether oxygens (including phenoxy) is 1. The van der Waals surface area contributed by atoms with Gasteiger partial charge in [-0.15, -0.1) is 0 Å². The number of Topliss-reactive ketones (excluding diaryl/α,β-unsaturated/α-hetero) is 1. The lowest BCUT2D eigenvalue weighted by Gasteiger charge is -2.24. The first-order chi connectivity index (χ1) is 9.84. The Balaban J connectivity index is 1.60. The Hall–Kier alpha value is -1.35. The number of piperidine rings is 1. The summed E-state index contributed by atoms with van der Waals surface area (Å²) in [5.41, 5.74) is 2.00. The fourth-order valence-corrected chi connectivity index (χ4v) is 3.26. The Kier molecular flexibility index (Phi) is 4.36. The van der Waals surface area contributed by atoms with Crippen LogP contribution in [0.25, 0.3) is 0 Å². The molecule has 1 heterocycles. The monoisotopic (exact) mass is 273 g/mol. The Bertz CT molecular complexity index is 478. The highest BCUT2D eigenvalue weighted by atomic mass is 16.5. The number of benzene rings is 1. The van der Waals surface area contributed by atoms with Crippen LogP contribution in [-0.2, 0) is 6.42 Å². The van der Waals surface area contributed by atoms with Crippen LogP contribution < -0.4 is 10.1 Å². The van der Waals surface area contributed by atoms with E-state index in [1.807, 2.05) is 18.2 Å². The minimum atomic E-state index is 0.269. The van der Waals surface area contributed by atoms with E-state index < -0.39 is 0 Å². The number of rotatable bonds is 4. The van der Waals surface area contributed by atoms with E-state index in [-0.39, 0.29) is 5.78 Å². The molecule has 1 aliphatic carbocycles. The molecule has 1 atom stereocenters. The van der Waals surface area contributed by atoms with Gasteiger partial charge in [0.2, 0.25) is 0 Å². The van der Waals surface area contributed by atoms with Crippen LogP contribution in [-0.4, -0.2) is 25.0 Å². The molecule has 1 N–H and O–H groups in total. The first-order valence-electron chi connectivity index (χ1n) is 7.86. The van der Waals surface area contributed by atoms with Gasteiger partial charge in [0.1, 0.15) is 5.75 Å². The van der Waals surface area contributed by atoms with Gasteiger partial charge in [-0.3, -0.25) is 4.79 Å². The van der Waals surface area contributed by atoms with Gasteiger partial charge in [-0.05, 0) is 44.7 Å². The summed E-state index contributed by atoms with van der Waals surface area (Å²) in [5, 5.41) is 3.54. The summed E-state index contributed by atoms with van der Waals surface area (Å²) >= 11 is 0. The summed E-state index contributed by atoms with van der Waals surface area (Å²) in [7, 11) is 0. The molecule has 0 bridgehead atoms.